The van der Waals surface area contributed by atoms with Gasteiger partial charge in [-0.3, -0.25) is 0 Å². The molecule has 12 aromatic rings. The van der Waals surface area contributed by atoms with Crippen LogP contribution in [-0.4, -0.2) is 9.13 Å². The molecule has 0 atom stereocenters. The summed E-state index contributed by atoms with van der Waals surface area (Å²) < 4.78 is 4.80. The molecule has 2 heterocycles. The molecule has 12 rings (SSSR count). The number of aromatic nitrogens is 2. The monoisotopic (exact) mass is 894 g/mol. The maximum absolute atomic E-state index is 11.3. The van der Waals surface area contributed by atoms with E-state index in [1.165, 1.54) is 22.3 Å². The molecule has 0 saturated heterocycles. The molecule has 330 valence electrons. The first-order chi connectivity index (χ1) is 34.2. The van der Waals surface area contributed by atoms with E-state index in [9.17, 15) is 10.5 Å². The second-order valence-electron chi connectivity index (χ2n) is 18.8. The Kier molecular flexibility index (Phi) is 10.1. The zero-order valence-electron chi connectivity index (χ0n) is 39.4. The molecular formula is C66H46N4. The van der Waals surface area contributed by atoms with Gasteiger partial charge < -0.3 is 9.13 Å². The molecule has 4 nitrogen and oxygen atoms in total. The highest BCUT2D eigenvalue weighted by molar-refractivity contribution is 6.14. The predicted octanol–water partition coefficient (Wildman–Crippen LogP) is 17.2. The quantitative estimate of drug-likeness (QED) is 0.160. The number of fused-ring (bicyclic) bond motifs is 6. The number of nitriles is 2. The number of rotatable bonds is 7. The maximum Gasteiger partial charge on any atom is 0.0998 e. The van der Waals surface area contributed by atoms with Crippen molar-refractivity contribution in [2.24, 2.45) is 0 Å². The molecule has 0 radical (unpaired) electrons. The lowest BCUT2D eigenvalue weighted by molar-refractivity contribution is 1.09. The lowest BCUT2D eigenvalue weighted by atomic mass is 9.96. The SMILES string of the molecule is Cc1ccc(-c2ccc3c4ccc(-c5ccc(C)cc5)cc4n(-c4cc(C#N)c(-c5cccc(C#N)c5)cc4-n4c5cc(-c6ccc(C)cc6)ccc5c5ccc(-c6ccc(C)cc6)cc54)c3c2)cc1. The Morgan fingerprint density at radius 1 is 0.300 bits per heavy atom. The highest BCUT2D eigenvalue weighted by atomic mass is 15.1. The molecule has 0 aliphatic heterocycles. The van der Waals surface area contributed by atoms with E-state index >= 15 is 0 Å². The minimum absolute atomic E-state index is 0.509. The van der Waals surface area contributed by atoms with Crippen LogP contribution in [0.5, 0.6) is 0 Å². The number of aryl methyl sites for hydroxylation is 4. The molecule has 0 bridgehead atoms. The van der Waals surface area contributed by atoms with Crippen LogP contribution in [0.3, 0.4) is 0 Å². The summed E-state index contributed by atoms with van der Waals surface area (Å²) in [5, 5.41) is 25.9. The van der Waals surface area contributed by atoms with Gasteiger partial charge >= 0.3 is 0 Å². The van der Waals surface area contributed by atoms with Gasteiger partial charge in [0.1, 0.15) is 0 Å². The topological polar surface area (TPSA) is 57.4 Å². The molecule has 0 aliphatic rings. The van der Waals surface area contributed by atoms with E-state index in [1.807, 2.05) is 24.3 Å². The molecule has 0 saturated carbocycles. The van der Waals surface area contributed by atoms with Crippen molar-refractivity contribution in [2.45, 2.75) is 27.7 Å². The van der Waals surface area contributed by atoms with Crippen LogP contribution >= 0.6 is 0 Å². The minimum Gasteiger partial charge on any atom is -0.307 e. The van der Waals surface area contributed by atoms with Gasteiger partial charge in [0.05, 0.1) is 56.7 Å². The normalized spacial score (nSPS) is 11.4. The summed E-state index contributed by atoms with van der Waals surface area (Å²) in [6.45, 7) is 8.48. The summed E-state index contributed by atoms with van der Waals surface area (Å²) in [4.78, 5) is 0. The largest absolute Gasteiger partial charge is 0.307 e. The van der Waals surface area contributed by atoms with Gasteiger partial charge in [0.25, 0.3) is 0 Å². The Balaban J connectivity index is 1.25. The number of hydrogen-bond acceptors (Lipinski definition) is 2. The average Bonchev–Trinajstić information content (AvgIpc) is 3.90. The van der Waals surface area contributed by atoms with Gasteiger partial charge in [0, 0.05) is 27.1 Å². The molecule has 0 amide bonds. The van der Waals surface area contributed by atoms with Crippen LogP contribution in [0.15, 0.2) is 206 Å². The molecule has 10 aromatic carbocycles. The molecule has 0 aliphatic carbocycles. The van der Waals surface area contributed by atoms with Gasteiger partial charge in [-0.05, 0) is 126 Å². The Labute approximate surface area is 407 Å². The van der Waals surface area contributed by atoms with Crippen molar-refractivity contribution in [1.82, 2.24) is 9.13 Å². The third kappa shape index (κ3) is 7.23. The van der Waals surface area contributed by atoms with E-state index in [0.29, 0.717) is 11.1 Å². The van der Waals surface area contributed by atoms with Crippen molar-refractivity contribution < 1.29 is 0 Å². The van der Waals surface area contributed by atoms with Crippen molar-refractivity contribution in [2.75, 3.05) is 0 Å². The van der Waals surface area contributed by atoms with Crippen LogP contribution in [0.4, 0.5) is 0 Å². The van der Waals surface area contributed by atoms with Crippen molar-refractivity contribution in [3.63, 3.8) is 0 Å². The Hall–Kier alpha value is -9.22. The third-order valence-corrected chi connectivity index (χ3v) is 14.1. The Morgan fingerprint density at radius 3 is 0.957 bits per heavy atom. The van der Waals surface area contributed by atoms with Crippen LogP contribution in [0.2, 0.25) is 0 Å². The van der Waals surface area contributed by atoms with E-state index in [1.54, 1.807) is 0 Å². The van der Waals surface area contributed by atoms with Crippen molar-refractivity contribution in [1.29, 1.82) is 10.5 Å². The molecular weight excluding hydrogens is 849 g/mol. The second kappa shape index (κ2) is 16.8. The third-order valence-electron chi connectivity index (χ3n) is 14.1. The van der Waals surface area contributed by atoms with Crippen LogP contribution in [0, 0.1) is 50.4 Å². The first-order valence-electron chi connectivity index (χ1n) is 23.8. The maximum atomic E-state index is 11.3. The van der Waals surface area contributed by atoms with Gasteiger partial charge in [-0.25, -0.2) is 0 Å². The van der Waals surface area contributed by atoms with Crippen molar-refractivity contribution in [3.8, 4) is 79.1 Å². The second-order valence-corrected chi connectivity index (χ2v) is 18.8. The first kappa shape index (κ1) is 42.2. The van der Waals surface area contributed by atoms with Crippen molar-refractivity contribution in [3.05, 3.63) is 240 Å². The average molecular weight is 895 g/mol. The summed E-state index contributed by atoms with van der Waals surface area (Å²) in [7, 11) is 0. The first-order valence-corrected chi connectivity index (χ1v) is 23.8. The Morgan fingerprint density at radius 2 is 0.629 bits per heavy atom. The summed E-state index contributed by atoms with van der Waals surface area (Å²) >= 11 is 0. The molecule has 0 N–H and O–H groups in total. The summed E-state index contributed by atoms with van der Waals surface area (Å²) in [6, 6.07) is 78.9. The van der Waals surface area contributed by atoms with Crippen LogP contribution in [0.1, 0.15) is 33.4 Å². The summed E-state index contributed by atoms with van der Waals surface area (Å²) in [5.41, 5.74) is 22.3. The number of benzene rings is 10. The fraction of sp³-hybridized carbons (Fsp3) is 0.0606. The fourth-order valence-corrected chi connectivity index (χ4v) is 10.3. The van der Waals surface area contributed by atoms with Gasteiger partial charge in [0.15, 0.2) is 0 Å². The summed E-state index contributed by atoms with van der Waals surface area (Å²) in [6.07, 6.45) is 0. The minimum atomic E-state index is 0.509. The molecule has 0 fully saturated rings. The summed E-state index contributed by atoms with van der Waals surface area (Å²) in [5.74, 6) is 0. The molecule has 2 aromatic heterocycles. The molecule has 4 heteroatoms. The molecule has 0 unspecified atom stereocenters. The van der Waals surface area contributed by atoms with Crippen molar-refractivity contribution >= 4 is 43.6 Å². The predicted molar refractivity (Wildman–Crippen MR) is 291 cm³/mol. The van der Waals surface area contributed by atoms with E-state index in [4.69, 9.17) is 0 Å². The van der Waals surface area contributed by atoms with Crippen LogP contribution in [0.25, 0.3) is 111 Å². The zero-order chi connectivity index (χ0) is 47.6. The fourth-order valence-electron chi connectivity index (χ4n) is 10.3. The van der Waals surface area contributed by atoms with Gasteiger partial charge in [0.2, 0.25) is 0 Å². The van der Waals surface area contributed by atoms with E-state index in [0.717, 1.165) is 111 Å². The molecule has 0 spiro atoms. The highest BCUT2D eigenvalue weighted by Crippen LogP contribution is 2.44. The van der Waals surface area contributed by atoms with E-state index in [-0.39, 0.29) is 0 Å². The van der Waals surface area contributed by atoms with Gasteiger partial charge in [-0.2, -0.15) is 10.5 Å². The number of nitrogens with zero attached hydrogens (tertiary/aromatic N) is 4. The standard InChI is InChI=1S/C66H46N4/c1-41-8-16-46(17-9-41)50-24-28-56-57-29-25-51(47-18-10-42(2)11-19-47)34-62(57)69(61(56)33-50)65-37-55(40-68)60(54-7-5-6-45(32-54)39-67)38-66(65)70-63-35-52(48-20-12-43(3)13-21-48)26-30-58(63)59-31-27-53(36-64(59)70)49-22-14-44(4)15-23-49/h5-38H,1-4H3. The number of hydrogen-bond donors (Lipinski definition) is 0. The Bertz CT molecular complexity index is 3930. The van der Waals surface area contributed by atoms with Gasteiger partial charge in [-0.15, -0.1) is 0 Å². The highest BCUT2D eigenvalue weighted by Gasteiger charge is 2.24. The lowest BCUT2D eigenvalue weighted by Gasteiger charge is -2.20. The lowest BCUT2D eigenvalue weighted by Crippen LogP contribution is -2.06. The van der Waals surface area contributed by atoms with Crippen LogP contribution < -0.4 is 0 Å². The van der Waals surface area contributed by atoms with E-state index in [2.05, 4.69) is 231 Å². The zero-order valence-corrected chi connectivity index (χ0v) is 39.4. The van der Waals surface area contributed by atoms with Crippen LogP contribution in [-0.2, 0) is 0 Å². The smallest absolute Gasteiger partial charge is 0.0998 e. The van der Waals surface area contributed by atoms with E-state index < -0.39 is 0 Å². The van der Waals surface area contributed by atoms with Gasteiger partial charge in [-0.1, -0.05) is 180 Å². The molecule has 70 heavy (non-hydrogen) atoms.